The first-order chi connectivity index (χ1) is 15.9. The molecule has 0 saturated heterocycles. The van der Waals surface area contributed by atoms with E-state index in [0.717, 1.165) is 16.8 Å². The number of ether oxygens (including phenoxy) is 1. The van der Waals surface area contributed by atoms with E-state index in [1.54, 1.807) is 24.3 Å². The zero-order chi connectivity index (χ0) is 23.6. The van der Waals surface area contributed by atoms with Gasteiger partial charge in [0.1, 0.15) is 12.4 Å². The number of rotatable bonds is 9. The van der Waals surface area contributed by atoms with Crippen LogP contribution in [0.3, 0.4) is 0 Å². The maximum absolute atomic E-state index is 12.1. The van der Waals surface area contributed by atoms with E-state index in [4.69, 9.17) is 27.9 Å². The monoisotopic (exact) mass is 483 g/mol. The molecule has 0 spiro atoms. The second-order valence-electron chi connectivity index (χ2n) is 7.26. The minimum absolute atomic E-state index is 0.00270. The van der Waals surface area contributed by atoms with Crippen LogP contribution < -0.4 is 15.5 Å². The number of carbonyl (C=O) groups is 2. The van der Waals surface area contributed by atoms with Crippen molar-refractivity contribution in [3.05, 3.63) is 93.5 Å². The lowest BCUT2D eigenvalue weighted by molar-refractivity contribution is -0.124. The maximum atomic E-state index is 12.1. The molecule has 3 aromatic carbocycles. The lowest BCUT2D eigenvalue weighted by Crippen LogP contribution is -2.20. The van der Waals surface area contributed by atoms with Crippen molar-refractivity contribution < 1.29 is 14.3 Å². The van der Waals surface area contributed by atoms with Crippen LogP contribution in [0.15, 0.2) is 71.8 Å². The molecular weight excluding hydrogens is 461 g/mol. The molecule has 0 saturated carbocycles. The van der Waals surface area contributed by atoms with Gasteiger partial charge in [0.2, 0.25) is 11.8 Å². The van der Waals surface area contributed by atoms with Crippen LogP contribution in [0.25, 0.3) is 0 Å². The van der Waals surface area contributed by atoms with Gasteiger partial charge in [-0.05, 0) is 54.4 Å². The van der Waals surface area contributed by atoms with Crippen molar-refractivity contribution in [1.29, 1.82) is 0 Å². The number of halogens is 2. The third-order valence-corrected chi connectivity index (χ3v) is 5.12. The first kappa shape index (κ1) is 24.3. The molecule has 0 radical (unpaired) electrons. The van der Waals surface area contributed by atoms with Gasteiger partial charge in [0.15, 0.2) is 0 Å². The summed E-state index contributed by atoms with van der Waals surface area (Å²) in [6.45, 7) is 2.21. The summed E-state index contributed by atoms with van der Waals surface area (Å²) >= 11 is 12.1. The smallest absolute Gasteiger partial charge is 0.240 e. The summed E-state index contributed by atoms with van der Waals surface area (Å²) in [7, 11) is 0. The molecule has 0 unspecified atom stereocenters. The van der Waals surface area contributed by atoms with Gasteiger partial charge < -0.3 is 10.1 Å². The van der Waals surface area contributed by atoms with E-state index in [2.05, 4.69) is 15.8 Å². The van der Waals surface area contributed by atoms with E-state index in [1.807, 2.05) is 49.4 Å². The number of hydrazone groups is 1. The van der Waals surface area contributed by atoms with Crippen LogP contribution in [0, 0.1) is 6.92 Å². The molecule has 0 bridgehead atoms. The highest BCUT2D eigenvalue weighted by molar-refractivity contribution is 6.31. The SMILES string of the molecule is Cc1ccccc1NC(=O)CCC(=O)NN=Cc1cc(Cl)ccc1OCc1cccc(Cl)c1. The molecule has 0 aliphatic heterocycles. The topological polar surface area (TPSA) is 79.8 Å². The van der Waals surface area contributed by atoms with Gasteiger partial charge in [-0.1, -0.05) is 53.5 Å². The number of hydrogen-bond acceptors (Lipinski definition) is 4. The Morgan fingerprint density at radius 3 is 2.48 bits per heavy atom. The average molecular weight is 484 g/mol. The fraction of sp³-hybridized carbons (Fsp3) is 0.160. The van der Waals surface area contributed by atoms with Crippen molar-refractivity contribution in [2.24, 2.45) is 5.10 Å². The van der Waals surface area contributed by atoms with Crippen LogP contribution in [-0.4, -0.2) is 18.0 Å². The van der Waals surface area contributed by atoms with Crippen LogP contribution in [0.4, 0.5) is 5.69 Å². The van der Waals surface area contributed by atoms with Crippen molar-refractivity contribution in [2.75, 3.05) is 5.32 Å². The number of nitrogens with zero attached hydrogens (tertiary/aromatic N) is 1. The Balaban J connectivity index is 1.51. The number of para-hydroxylation sites is 1. The molecule has 8 heteroatoms. The summed E-state index contributed by atoms with van der Waals surface area (Å²) in [6.07, 6.45) is 1.49. The zero-order valence-electron chi connectivity index (χ0n) is 18.0. The Kier molecular flexibility index (Phi) is 8.87. The Morgan fingerprint density at radius 1 is 0.939 bits per heavy atom. The Labute approximate surface area is 202 Å². The minimum atomic E-state index is -0.380. The average Bonchev–Trinajstić information content (AvgIpc) is 2.79. The third kappa shape index (κ3) is 7.93. The fourth-order valence-electron chi connectivity index (χ4n) is 2.92. The Bertz CT molecular complexity index is 1170. The molecular formula is C25H23Cl2N3O3. The number of anilines is 1. The van der Waals surface area contributed by atoms with E-state index < -0.39 is 0 Å². The molecule has 170 valence electrons. The summed E-state index contributed by atoms with van der Waals surface area (Å²) in [5.41, 5.74) is 5.62. The van der Waals surface area contributed by atoms with Gasteiger partial charge in [-0.15, -0.1) is 0 Å². The maximum Gasteiger partial charge on any atom is 0.240 e. The molecule has 3 aromatic rings. The molecule has 0 aromatic heterocycles. The second-order valence-corrected chi connectivity index (χ2v) is 8.13. The van der Waals surface area contributed by atoms with Crippen LogP contribution in [0.2, 0.25) is 10.0 Å². The summed E-state index contributed by atoms with van der Waals surface area (Å²) in [4.78, 5) is 24.2. The van der Waals surface area contributed by atoms with Gasteiger partial charge in [-0.25, -0.2) is 5.43 Å². The molecule has 0 aliphatic rings. The Morgan fingerprint density at radius 2 is 1.70 bits per heavy atom. The van der Waals surface area contributed by atoms with Gasteiger partial charge in [-0.2, -0.15) is 5.10 Å². The number of aryl methyl sites for hydroxylation is 1. The molecule has 0 aliphatic carbocycles. The highest BCUT2D eigenvalue weighted by Gasteiger charge is 2.08. The van der Waals surface area contributed by atoms with E-state index in [9.17, 15) is 9.59 Å². The van der Waals surface area contributed by atoms with E-state index in [1.165, 1.54) is 6.21 Å². The van der Waals surface area contributed by atoms with Gasteiger partial charge in [0.25, 0.3) is 0 Å². The lowest BCUT2D eigenvalue weighted by atomic mass is 10.2. The van der Waals surface area contributed by atoms with Crippen molar-refractivity contribution in [3.8, 4) is 5.75 Å². The van der Waals surface area contributed by atoms with Crippen molar-refractivity contribution in [3.63, 3.8) is 0 Å². The normalized spacial score (nSPS) is 10.8. The zero-order valence-corrected chi connectivity index (χ0v) is 19.5. The van der Waals surface area contributed by atoms with Gasteiger partial charge in [0.05, 0.1) is 6.21 Å². The lowest BCUT2D eigenvalue weighted by Gasteiger charge is -2.10. The van der Waals surface area contributed by atoms with Crippen LogP contribution in [0.1, 0.15) is 29.5 Å². The molecule has 3 rings (SSSR count). The van der Waals surface area contributed by atoms with Crippen LogP contribution in [-0.2, 0) is 16.2 Å². The van der Waals surface area contributed by atoms with Gasteiger partial charge >= 0.3 is 0 Å². The number of hydrogen-bond donors (Lipinski definition) is 2. The number of benzene rings is 3. The highest BCUT2D eigenvalue weighted by atomic mass is 35.5. The summed E-state index contributed by atoms with van der Waals surface area (Å²) in [5.74, 6) is -0.0698. The van der Waals surface area contributed by atoms with Crippen molar-refractivity contribution >= 4 is 46.9 Å². The molecule has 2 N–H and O–H groups in total. The number of nitrogens with one attached hydrogen (secondary N) is 2. The first-order valence-corrected chi connectivity index (χ1v) is 11.0. The van der Waals surface area contributed by atoms with E-state index in [-0.39, 0.29) is 24.7 Å². The molecule has 0 heterocycles. The van der Waals surface area contributed by atoms with Crippen LogP contribution in [0.5, 0.6) is 5.75 Å². The molecule has 33 heavy (non-hydrogen) atoms. The highest BCUT2D eigenvalue weighted by Crippen LogP contribution is 2.23. The van der Waals surface area contributed by atoms with Crippen molar-refractivity contribution in [1.82, 2.24) is 5.43 Å². The largest absolute Gasteiger partial charge is 0.488 e. The predicted octanol–water partition coefficient (Wildman–Crippen LogP) is 5.75. The van der Waals surface area contributed by atoms with Gasteiger partial charge in [0, 0.05) is 34.1 Å². The third-order valence-electron chi connectivity index (χ3n) is 4.65. The summed E-state index contributed by atoms with van der Waals surface area (Å²) in [6, 6.07) is 19.9. The van der Waals surface area contributed by atoms with E-state index >= 15 is 0 Å². The summed E-state index contributed by atoms with van der Waals surface area (Å²) in [5, 5.41) is 7.90. The number of carbonyl (C=O) groups excluding carboxylic acids is 2. The standard InChI is InChI=1S/C25H23Cl2N3O3/c1-17-5-2-3-8-22(17)29-24(31)11-12-25(32)30-28-15-19-14-21(27)9-10-23(19)33-16-18-6-4-7-20(26)13-18/h2-10,13-15H,11-12,16H2,1H3,(H,29,31)(H,30,32). The van der Waals surface area contributed by atoms with Crippen LogP contribution >= 0.6 is 23.2 Å². The number of amides is 2. The predicted molar refractivity (Wildman–Crippen MR) is 132 cm³/mol. The molecule has 2 amide bonds. The molecule has 0 atom stereocenters. The second kappa shape index (κ2) is 12.0. The van der Waals surface area contributed by atoms with Crippen molar-refractivity contribution in [2.45, 2.75) is 26.4 Å². The van der Waals surface area contributed by atoms with E-state index in [0.29, 0.717) is 28.0 Å². The first-order valence-electron chi connectivity index (χ1n) is 10.2. The minimum Gasteiger partial charge on any atom is -0.488 e. The van der Waals surface area contributed by atoms with Gasteiger partial charge in [-0.3, -0.25) is 9.59 Å². The quantitative estimate of drug-likeness (QED) is 0.300. The Hall–Kier alpha value is -3.35. The molecule has 6 nitrogen and oxygen atoms in total. The fourth-order valence-corrected chi connectivity index (χ4v) is 3.32. The molecule has 0 fully saturated rings. The summed E-state index contributed by atoms with van der Waals surface area (Å²) < 4.78 is 5.86.